The largest absolute Gasteiger partial charge is 0.354 e. The third-order valence-electron chi connectivity index (χ3n) is 1.73. The quantitative estimate of drug-likeness (QED) is 0.441. The standard InChI is InChI=1S/C6H12N2O/c1-5(9)8-3-2-6(7)4-8/h6H,2-4,7H2,1H3/p+1/t6-/m1/s1. The Labute approximate surface area is 54.8 Å². The SMILES string of the molecule is CC(=O)N1CC[C@@H]([NH3+])C1. The molecule has 1 heterocycles. The van der Waals surface area contributed by atoms with E-state index in [1.54, 1.807) is 6.92 Å². The predicted octanol–water partition coefficient (Wildman–Crippen LogP) is -1.15. The van der Waals surface area contributed by atoms with Crippen molar-refractivity contribution in [1.82, 2.24) is 4.90 Å². The van der Waals surface area contributed by atoms with Crippen molar-refractivity contribution >= 4 is 5.91 Å². The van der Waals surface area contributed by atoms with Gasteiger partial charge in [-0.25, -0.2) is 0 Å². The van der Waals surface area contributed by atoms with Crippen LogP contribution in [0.5, 0.6) is 0 Å². The van der Waals surface area contributed by atoms with Crippen LogP contribution in [-0.2, 0) is 4.79 Å². The Bertz CT molecular complexity index is 124. The summed E-state index contributed by atoms with van der Waals surface area (Å²) in [5.41, 5.74) is 3.88. The molecule has 1 rings (SSSR count). The second-order valence-corrected chi connectivity index (χ2v) is 2.62. The van der Waals surface area contributed by atoms with Crippen LogP contribution in [0.1, 0.15) is 13.3 Å². The number of rotatable bonds is 0. The van der Waals surface area contributed by atoms with Crippen LogP contribution >= 0.6 is 0 Å². The average Bonchev–Trinajstić information content (AvgIpc) is 2.14. The summed E-state index contributed by atoms with van der Waals surface area (Å²) in [6.07, 6.45) is 1.07. The van der Waals surface area contributed by atoms with Crippen molar-refractivity contribution in [2.24, 2.45) is 0 Å². The molecule has 0 spiro atoms. The maximum absolute atomic E-state index is 10.7. The van der Waals surface area contributed by atoms with Crippen molar-refractivity contribution in [3.05, 3.63) is 0 Å². The zero-order valence-electron chi connectivity index (χ0n) is 5.76. The van der Waals surface area contributed by atoms with Crippen LogP contribution in [0.4, 0.5) is 0 Å². The molecule has 0 aromatic rings. The van der Waals surface area contributed by atoms with E-state index in [1.165, 1.54) is 0 Å². The number of carbonyl (C=O) groups is 1. The smallest absolute Gasteiger partial charge is 0.219 e. The van der Waals surface area contributed by atoms with E-state index < -0.39 is 0 Å². The molecule has 9 heavy (non-hydrogen) atoms. The highest BCUT2D eigenvalue weighted by molar-refractivity contribution is 5.73. The zero-order valence-corrected chi connectivity index (χ0v) is 5.76. The van der Waals surface area contributed by atoms with Gasteiger partial charge in [0.1, 0.15) is 6.04 Å². The molecule has 0 unspecified atom stereocenters. The first-order chi connectivity index (χ1) is 4.20. The van der Waals surface area contributed by atoms with Gasteiger partial charge in [-0.3, -0.25) is 4.79 Å². The summed E-state index contributed by atoms with van der Waals surface area (Å²) in [5, 5.41) is 0. The van der Waals surface area contributed by atoms with Gasteiger partial charge in [0.2, 0.25) is 5.91 Å². The molecule has 0 radical (unpaired) electrons. The van der Waals surface area contributed by atoms with Crippen LogP contribution in [0.15, 0.2) is 0 Å². The molecular weight excluding hydrogens is 116 g/mol. The van der Waals surface area contributed by atoms with E-state index in [1.807, 2.05) is 4.90 Å². The lowest BCUT2D eigenvalue weighted by molar-refractivity contribution is -0.413. The third kappa shape index (κ3) is 1.42. The Morgan fingerprint density at radius 1 is 1.78 bits per heavy atom. The minimum atomic E-state index is 0.182. The van der Waals surface area contributed by atoms with E-state index in [9.17, 15) is 4.79 Å². The molecule has 3 heteroatoms. The molecule has 0 aromatic carbocycles. The number of quaternary nitrogens is 1. The van der Waals surface area contributed by atoms with Crippen molar-refractivity contribution in [2.75, 3.05) is 13.1 Å². The molecule has 1 fully saturated rings. The molecule has 1 aliphatic rings. The Morgan fingerprint density at radius 2 is 2.44 bits per heavy atom. The second kappa shape index (κ2) is 2.35. The topological polar surface area (TPSA) is 48.0 Å². The molecule has 52 valence electrons. The van der Waals surface area contributed by atoms with Gasteiger partial charge in [-0.05, 0) is 0 Å². The first kappa shape index (κ1) is 6.55. The van der Waals surface area contributed by atoms with Gasteiger partial charge >= 0.3 is 0 Å². The van der Waals surface area contributed by atoms with Crippen molar-refractivity contribution in [2.45, 2.75) is 19.4 Å². The van der Waals surface area contributed by atoms with Crippen molar-refractivity contribution in [3.8, 4) is 0 Å². The van der Waals surface area contributed by atoms with Crippen molar-refractivity contribution < 1.29 is 10.5 Å². The molecule has 1 saturated heterocycles. The fourth-order valence-corrected chi connectivity index (χ4v) is 1.12. The Balaban J connectivity index is 2.39. The molecule has 0 saturated carbocycles. The van der Waals surface area contributed by atoms with Crippen molar-refractivity contribution in [1.29, 1.82) is 0 Å². The van der Waals surface area contributed by atoms with E-state index in [0.29, 0.717) is 6.04 Å². The van der Waals surface area contributed by atoms with E-state index in [4.69, 9.17) is 0 Å². The lowest BCUT2D eigenvalue weighted by atomic mass is 10.3. The third-order valence-corrected chi connectivity index (χ3v) is 1.73. The van der Waals surface area contributed by atoms with E-state index in [2.05, 4.69) is 5.73 Å². The molecular formula is C6H13N2O+. The van der Waals surface area contributed by atoms with Crippen LogP contribution < -0.4 is 5.73 Å². The van der Waals surface area contributed by atoms with Gasteiger partial charge in [0.05, 0.1) is 6.54 Å². The number of hydrogen-bond donors (Lipinski definition) is 1. The van der Waals surface area contributed by atoms with Crippen LogP contribution in [0.2, 0.25) is 0 Å². The van der Waals surface area contributed by atoms with Crippen LogP contribution in [0, 0.1) is 0 Å². The fraction of sp³-hybridized carbons (Fsp3) is 0.833. The number of carbonyl (C=O) groups excluding carboxylic acids is 1. The van der Waals surface area contributed by atoms with Gasteiger partial charge in [0.25, 0.3) is 0 Å². The summed E-state index contributed by atoms with van der Waals surface area (Å²) in [6.45, 7) is 3.37. The molecule has 1 aliphatic heterocycles. The van der Waals surface area contributed by atoms with Gasteiger partial charge in [-0.2, -0.15) is 0 Å². The molecule has 0 aromatic heterocycles. The average molecular weight is 129 g/mol. The van der Waals surface area contributed by atoms with Crippen molar-refractivity contribution in [3.63, 3.8) is 0 Å². The van der Waals surface area contributed by atoms with E-state index in [0.717, 1.165) is 19.5 Å². The lowest BCUT2D eigenvalue weighted by Crippen LogP contribution is -2.62. The summed E-state index contributed by atoms with van der Waals surface area (Å²) in [6, 6.07) is 0.467. The molecule has 3 nitrogen and oxygen atoms in total. The van der Waals surface area contributed by atoms with Gasteiger partial charge < -0.3 is 10.6 Å². The Hall–Kier alpha value is -0.570. The van der Waals surface area contributed by atoms with E-state index in [-0.39, 0.29) is 5.91 Å². The maximum Gasteiger partial charge on any atom is 0.219 e. The highest BCUT2D eigenvalue weighted by Gasteiger charge is 2.22. The highest BCUT2D eigenvalue weighted by Crippen LogP contribution is 2.04. The second-order valence-electron chi connectivity index (χ2n) is 2.62. The monoisotopic (exact) mass is 129 g/mol. The molecule has 1 atom stereocenters. The number of nitrogens with zero attached hydrogens (tertiary/aromatic N) is 1. The highest BCUT2D eigenvalue weighted by atomic mass is 16.2. The number of hydrogen-bond acceptors (Lipinski definition) is 1. The summed E-state index contributed by atoms with van der Waals surface area (Å²) in [7, 11) is 0. The summed E-state index contributed by atoms with van der Waals surface area (Å²) in [5.74, 6) is 0.182. The summed E-state index contributed by atoms with van der Waals surface area (Å²) >= 11 is 0. The normalized spacial score (nSPS) is 26.9. The number of likely N-dealkylation sites (tertiary alicyclic amines) is 1. The fourth-order valence-electron chi connectivity index (χ4n) is 1.12. The molecule has 0 bridgehead atoms. The minimum Gasteiger partial charge on any atom is -0.354 e. The first-order valence-electron chi connectivity index (χ1n) is 3.28. The molecule has 0 aliphatic carbocycles. The molecule has 1 amide bonds. The first-order valence-corrected chi connectivity index (χ1v) is 3.28. The lowest BCUT2D eigenvalue weighted by Gasteiger charge is -2.10. The van der Waals surface area contributed by atoms with Crippen LogP contribution in [0.3, 0.4) is 0 Å². The predicted molar refractivity (Wildman–Crippen MR) is 33.5 cm³/mol. The van der Waals surface area contributed by atoms with E-state index >= 15 is 0 Å². The van der Waals surface area contributed by atoms with Gasteiger partial charge in [-0.1, -0.05) is 0 Å². The summed E-state index contributed by atoms with van der Waals surface area (Å²) < 4.78 is 0. The minimum absolute atomic E-state index is 0.182. The van der Waals surface area contributed by atoms with Crippen LogP contribution in [0.25, 0.3) is 0 Å². The van der Waals surface area contributed by atoms with Gasteiger partial charge in [0, 0.05) is 19.9 Å². The zero-order chi connectivity index (χ0) is 6.85. The number of amides is 1. The van der Waals surface area contributed by atoms with Gasteiger partial charge in [-0.15, -0.1) is 0 Å². The molecule has 3 N–H and O–H groups in total. The van der Waals surface area contributed by atoms with Crippen LogP contribution in [-0.4, -0.2) is 29.9 Å². The Morgan fingerprint density at radius 3 is 2.67 bits per heavy atom. The summed E-state index contributed by atoms with van der Waals surface area (Å²) in [4.78, 5) is 12.5. The maximum atomic E-state index is 10.7. The van der Waals surface area contributed by atoms with Gasteiger partial charge in [0.15, 0.2) is 0 Å². The Kier molecular flexibility index (Phi) is 1.71.